The molecular weight excluding hydrogens is 372 g/mol. The fourth-order valence-corrected chi connectivity index (χ4v) is 5.08. The number of aryl methyl sites for hydroxylation is 1. The van der Waals surface area contributed by atoms with Gasteiger partial charge in [0.25, 0.3) is 10.0 Å². The van der Waals surface area contributed by atoms with Gasteiger partial charge in [0.15, 0.2) is 0 Å². The highest BCUT2D eigenvalue weighted by atomic mass is 35.5. The van der Waals surface area contributed by atoms with Crippen LogP contribution in [0.5, 0.6) is 5.75 Å². The molecule has 0 saturated heterocycles. The van der Waals surface area contributed by atoms with Gasteiger partial charge in [0.2, 0.25) is 0 Å². The Balaban J connectivity index is 1.83. The van der Waals surface area contributed by atoms with Gasteiger partial charge in [-0.2, -0.15) is 0 Å². The van der Waals surface area contributed by atoms with Gasteiger partial charge in [-0.3, -0.25) is 0 Å². The number of anilines is 1. The van der Waals surface area contributed by atoms with Gasteiger partial charge in [0.1, 0.15) is 11.6 Å². The number of nitrogens with zero attached hydrogens (tertiary/aromatic N) is 2. The highest BCUT2D eigenvalue weighted by Crippen LogP contribution is 2.35. The Hall–Kier alpha value is -2.31. The van der Waals surface area contributed by atoms with Gasteiger partial charge in [0.05, 0.1) is 22.5 Å². The Labute approximate surface area is 157 Å². The molecule has 2 heterocycles. The average Bonchev–Trinajstić information content (AvgIpc) is 3.04. The van der Waals surface area contributed by atoms with Crippen molar-refractivity contribution >= 4 is 38.3 Å². The van der Waals surface area contributed by atoms with E-state index in [1.807, 2.05) is 31.2 Å². The number of fused-ring (bicyclic) bond motifs is 2. The van der Waals surface area contributed by atoms with Crippen LogP contribution in [-0.2, 0) is 16.4 Å². The van der Waals surface area contributed by atoms with Crippen molar-refractivity contribution < 1.29 is 13.2 Å². The quantitative estimate of drug-likeness (QED) is 0.681. The second-order valence-corrected chi connectivity index (χ2v) is 8.51. The molecular formula is C19H17ClN2O3S. The fourth-order valence-electron chi connectivity index (χ4n) is 3.28. The molecule has 1 aliphatic rings. The number of ether oxygens (including phenoxy) is 1. The van der Waals surface area contributed by atoms with E-state index in [1.54, 1.807) is 6.07 Å². The molecule has 0 amide bonds. The van der Waals surface area contributed by atoms with Crippen LogP contribution in [-0.4, -0.2) is 27.1 Å². The zero-order chi connectivity index (χ0) is 18.5. The Morgan fingerprint density at radius 1 is 1.19 bits per heavy atom. The lowest BCUT2D eigenvalue weighted by atomic mass is 10.1. The SMILES string of the molecule is COc1ccc(S(=O)(=O)N2CCc3cc4cccc(C)c4nc32)cc1Cl. The average molecular weight is 389 g/mol. The van der Waals surface area contributed by atoms with Crippen LogP contribution in [0.15, 0.2) is 47.4 Å². The summed E-state index contributed by atoms with van der Waals surface area (Å²) in [5, 5.41) is 1.28. The van der Waals surface area contributed by atoms with Crippen LogP contribution in [0.2, 0.25) is 5.02 Å². The lowest BCUT2D eigenvalue weighted by Crippen LogP contribution is -2.29. The number of aromatic nitrogens is 1. The highest BCUT2D eigenvalue weighted by molar-refractivity contribution is 7.92. The molecule has 0 N–H and O–H groups in total. The number of benzene rings is 2. The van der Waals surface area contributed by atoms with Crippen molar-refractivity contribution in [3.63, 3.8) is 0 Å². The van der Waals surface area contributed by atoms with Crippen molar-refractivity contribution in [2.75, 3.05) is 18.0 Å². The third kappa shape index (κ3) is 2.61. The molecule has 7 heteroatoms. The van der Waals surface area contributed by atoms with Crippen LogP contribution in [0.4, 0.5) is 5.82 Å². The standard InChI is InChI=1S/C19H17ClN2O3S/c1-12-4-3-5-13-10-14-8-9-22(19(14)21-18(12)13)26(23,24)15-6-7-17(25-2)16(20)11-15/h3-7,10-11H,8-9H2,1-2H3. The molecule has 0 aliphatic carbocycles. The highest BCUT2D eigenvalue weighted by Gasteiger charge is 2.33. The predicted molar refractivity (Wildman–Crippen MR) is 103 cm³/mol. The topological polar surface area (TPSA) is 59.5 Å². The van der Waals surface area contributed by atoms with Crippen molar-refractivity contribution in [3.05, 3.63) is 58.6 Å². The number of hydrogen-bond acceptors (Lipinski definition) is 4. The number of rotatable bonds is 3. The maximum atomic E-state index is 13.2. The van der Waals surface area contributed by atoms with E-state index in [1.165, 1.54) is 23.5 Å². The van der Waals surface area contributed by atoms with Gasteiger partial charge in [-0.15, -0.1) is 0 Å². The van der Waals surface area contributed by atoms with E-state index in [0.717, 1.165) is 22.0 Å². The largest absolute Gasteiger partial charge is 0.495 e. The minimum Gasteiger partial charge on any atom is -0.495 e. The first-order valence-corrected chi connectivity index (χ1v) is 9.99. The van der Waals surface area contributed by atoms with Gasteiger partial charge in [-0.05, 0) is 48.7 Å². The van der Waals surface area contributed by atoms with E-state index < -0.39 is 10.0 Å². The molecule has 1 aromatic heterocycles. The smallest absolute Gasteiger partial charge is 0.265 e. The Kier molecular flexibility index (Phi) is 4.04. The van der Waals surface area contributed by atoms with E-state index in [9.17, 15) is 8.42 Å². The van der Waals surface area contributed by atoms with Gasteiger partial charge in [-0.25, -0.2) is 17.7 Å². The lowest BCUT2D eigenvalue weighted by molar-refractivity contribution is 0.414. The summed E-state index contributed by atoms with van der Waals surface area (Å²) in [6.07, 6.45) is 0.634. The molecule has 4 rings (SSSR count). The van der Waals surface area contributed by atoms with E-state index in [-0.39, 0.29) is 9.92 Å². The van der Waals surface area contributed by atoms with Crippen LogP contribution >= 0.6 is 11.6 Å². The van der Waals surface area contributed by atoms with Crippen molar-refractivity contribution in [1.82, 2.24) is 4.98 Å². The summed E-state index contributed by atoms with van der Waals surface area (Å²) in [5.41, 5.74) is 2.77. The molecule has 0 radical (unpaired) electrons. The van der Waals surface area contributed by atoms with E-state index in [2.05, 4.69) is 4.98 Å². The molecule has 0 spiro atoms. The van der Waals surface area contributed by atoms with Crippen LogP contribution in [0.1, 0.15) is 11.1 Å². The maximum absolute atomic E-state index is 13.2. The third-order valence-electron chi connectivity index (χ3n) is 4.64. The Bertz CT molecular complexity index is 1130. The van der Waals surface area contributed by atoms with E-state index in [4.69, 9.17) is 16.3 Å². The summed E-state index contributed by atoms with van der Waals surface area (Å²) in [5.74, 6) is 0.936. The van der Waals surface area contributed by atoms with Gasteiger partial charge >= 0.3 is 0 Å². The first kappa shape index (κ1) is 17.1. The maximum Gasteiger partial charge on any atom is 0.265 e. The number of hydrogen-bond donors (Lipinski definition) is 0. The normalized spacial score (nSPS) is 13.9. The van der Waals surface area contributed by atoms with E-state index in [0.29, 0.717) is 24.5 Å². The second-order valence-electron chi connectivity index (χ2n) is 6.24. The van der Waals surface area contributed by atoms with Crippen LogP contribution < -0.4 is 9.04 Å². The third-order valence-corrected chi connectivity index (χ3v) is 6.72. The summed E-state index contributed by atoms with van der Waals surface area (Å²) in [4.78, 5) is 4.80. The predicted octanol–water partition coefficient (Wildman–Crippen LogP) is 3.96. The summed E-state index contributed by atoms with van der Waals surface area (Å²) in [7, 11) is -2.26. The lowest BCUT2D eigenvalue weighted by Gasteiger charge is -2.19. The fraction of sp³-hybridized carbons (Fsp3) is 0.211. The second kappa shape index (κ2) is 6.14. The first-order valence-electron chi connectivity index (χ1n) is 8.17. The van der Waals surface area contributed by atoms with E-state index >= 15 is 0 Å². The summed E-state index contributed by atoms with van der Waals surface area (Å²) in [6, 6.07) is 12.5. The molecule has 0 unspecified atom stereocenters. The molecule has 0 atom stereocenters. The first-order chi connectivity index (χ1) is 12.4. The molecule has 5 nitrogen and oxygen atoms in total. The molecule has 0 saturated carbocycles. The van der Waals surface area contributed by atoms with Crippen LogP contribution in [0, 0.1) is 6.92 Å². The number of pyridine rings is 1. The zero-order valence-electron chi connectivity index (χ0n) is 14.4. The molecule has 0 fully saturated rings. The molecule has 3 aromatic rings. The van der Waals surface area contributed by atoms with Crippen molar-refractivity contribution in [2.24, 2.45) is 0 Å². The van der Waals surface area contributed by atoms with Gasteiger partial charge < -0.3 is 4.74 Å². The summed E-state index contributed by atoms with van der Waals surface area (Å²) >= 11 is 6.12. The van der Waals surface area contributed by atoms with Gasteiger partial charge in [0, 0.05) is 11.9 Å². The molecule has 134 valence electrons. The minimum absolute atomic E-state index is 0.128. The summed E-state index contributed by atoms with van der Waals surface area (Å²) < 4.78 is 32.8. The zero-order valence-corrected chi connectivity index (χ0v) is 15.9. The van der Waals surface area contributed by atoms with Crippen molar-refractivity contribution in [3.8, 4) is 5.75 Å². The monoisotopic (exact) mass is 388 g/mol. The minimum atomic E-state index is -3.75. The summed E-state index contributed by atoms with van der Waals surface area (Å²) in [6.45, 7) is 2.34. The Morgan fingerprint density at radius 2 is 2.00 bits per heavy atom. The number of halogens is 1. The molecule has 2 aromatic carbocycles. The molecule has 1 aliphatic heterocycles. The molecule has 0 bridgehead atoms. The van der Waals surface area contributed by atoms with Crippen molar-refractivity contribution in [2.45, 2.75) is 18.2 Å². The van der Waals surface area contributed by atoms with Gasteiger partial charge in [-0.1, -0.05) is 29.8 Å². The van der Waals surface area contributed by atoms with Crippen molar-refractivity contribution in [1.29, 1.82) is 0 Å². The molecule has 26 heavy (non-hydrogen) atoms. The number of sulfonamides is 1. The number of methoxy groups -OCH3 is 1. The Morgan fingerprint density at radius 3 is 2.73 bits per heavy atom. The van der Waals surface area contributed by atoms with Crippen LogP contribution in [0.3, 0.4) is 0 Å². The van der Waals surface area contributed by atoms with Crippen LogP contribution in [0.25, 0.3) is 10.9 Å². The number of para-hydroxylation sites is 1.